The van der Waals surface area contributed by atoms with Crippen molar-refractivity contribution in [3.63, 3.8) is 0 Å². The zero-order valence-corrected chi connectivity index (χ0v) is 12.8. The van der Waals surface area contributed by atoms with E-state index in [9.17, 15) is 0 Å². The molecule has 2 aromatic heterocycles. The lowest BCUT2D eigenvalue weighted by atomic mass is 10.1. The molecule has 0 spiro atoms. The van der Waals surface area contributed by atoms with E-state index in [-0.39, 0.29) is 6.04 Å². The molecule has 1 N–H and O–H groups in total. The van der Waals surface area contributed by atoms with E-state index in [1.54, 1.807) is 6.20 Å². The topological polar surface area (TPSA) is 52.0 Å². The number of nitrogens with zero attached hydrogens (tertiary/aromatic N) is 3. The van der Waals surface area contributed by atoms with Crippen molar-refractivity contribution in [2.24, 2.45) is 7.05 Å². The standard InChI is InChI=1S/C15H22N4O/c1-6-13(16-4)14-8-7-12(9-17-14)20-15-10(2)18-19(5)11(15)3/h7-9,13,16H,6H2,1-5H3. The van der Waals surface area contributed by atoms with E-state index >= 15 is 0 Å². The largest absolute Gasteiger partial charge is 0.452 e. The van der Waals surface area contributed by atoms with Crippen molar-refractivity contribution >= 4 is 0 Å². The number of pyridine rings is 1. The van der Waals surface area contributed by atoms with Crippen LogP contribution in [-0.4, -0.2) is 21.8 Å². The van der Waals surface area contributed by atoms with Gasteiger partial charge in [0.25, 0.3) is 0 Å². The molecule has 2 heterocycles. The highest BCUT2D eigenvalue weighted by Crippen LogP contribution is 2.28. The minimum absolute atomic E-state index is 0.283. The normalized spacial score (nSPS) is 12.4. The summed E-state index contributed by atoms with van der Waals surface area (Å²) in [5, 5.41) is 7.58. The average Bonchev–Trinajstić information content (AvgIpc) is 2.68. The molecule has 0 aliphatic carbocycles. The summed E-state index contributed by atoms with van der Waals surface area (Å²) in [7, 11) is 3.86. The van der Waals surface area contributed by atoms with Crippen LogP contribution in [0.2, 0.25) is 0 Å². The summed E-state index contributed by atoms with van der Waals surface area (Å²) < 4.78 is 7.72. The summed E-state index contributed by atoms with van der Waals surface area (Å²) in [4.78, 5) is 4.47. The van der Waals surface area contributed by atoms with Gasteiger partial charge in [-0.3, -0.25) is 9.67 Å². The lowest BCUT2D eigenvalue weighted by molar-refractivity contribution is 0.469. The third kappa shape index (κ3) is 2.82. The molecule has 0 radical (unpaired) electrons. The highest BCUT2D eigenvalue weighted by atomic mass is 16.5. The SMILES string of the molecule is CCC(NC)c1ccc(Oc2c(C)nn(C)c2C)cn1. The Bertz CT molecular complexity index is 570. The zero-order chi connectivity index (χ0) is 14.7. The Morgan fingerprint density at radius 1 is 1.35 bits per heavy atom. The average molecular weight is 274 g/mol. The maximum absolute atomic E-state index is 5.90. The van der Waals surface area contributed by atoms with Gasteiger partial charge in [0, 0.05) is 13.1 Å². The van der Waals surface area contributed by atoms with Crippen molar-refractivity contribution in [1.29, 1.82) is 0 Å². The van der Waals surface area contributed by atoms with Gasteiger partial charge in [-0.1, -0.05) is 6.92 Å². The number of hydrogen-bond donors (Lipinski definition) is 1. The summed E-state index contributed by atoms with van der Waals surface area (Å²) in [6.07, 6.45) is 2.77. The summed E-state index contributed by atoms with van der Waals surface area (Å²) in [5.74, 6) is 1.54. The van der Waals surface area contributed by atoms with Crippen LogP contribution in [0.15, 0.2) is 18.3 Å². The van der Waals surface area contributed by atoms with E-state index in [0.29, 0.717) is 0 Å². The Kier molecular flexibility index (Phi) is 4.39. The third-order valence-electron chi connectivity index (χ3n) is 3.54. The molecule has 0 amide bonds. The lowest BCUT2D eigenvalue weighted by Crippen LogP contribution is -2.16. The molecule has 1 unspecified atom stereocenters. The van der Waals surface area contributed by atoms with E-state index < -0.39 is 0 Å². The molecular weight excluding hydrogens is 252 g/mol. The van der Waals surface area contributed by atoms with E-state index in [0.717, 1.165) is 35.0 Å². The number of hydrogen-bond acceptors (Lipinski definition) is 4. The smallest absolute Gasteiger partial charge is 0.171 e. The fourth-order valence-corrected chi connectivity index (χ4v) is 2.24. The van der Waals surface area contributed by atoms with Crippen LogP contribution in [0.5, 0.6) is 11.5 Å². The predicted octanol–water partition coefficient (Wildman–Crippen LogP) is 2.89. The Morgan fingerprint density at radius 3 is 2.55 bits per heavy atom. The molecule has 1 atom stereocenters. The van der Waals surface area contributed by atoms with Crippen molar-refractivity contribution in [2.75, 3.05) is 7.05 Å². The van der Waals surface area contributed by atoms with Gasteiger partial charge in [0.05, 0.1) is 17.6 Å². The first-order chi connectivity index (χ1) is 9.56. The minimum atomic E-state index is 0.283. The van der Waals surface area contributed by atoms with Crippen LogP contribution in [0.25, 0.3) is 0 Å². The van der Waals surface area contributed by atoms with Crippen LogP contribution in [0.3, 0.4) is 0 Å². The Labute approximate surface area is 120 Å². The number of nitrogens with one attached hydrogen (secondary N) is 1. The van der Waals surface area contributed by atoms with Crippen molar-refractivity contribution in [3.8, 4) is 11.5 Å². The van der Waals surface area contributed by atoms with Gasteiger partial charge in [0.2, 0.25) is 0 Å². The third-order valence-corrected chi connectivity index (χ3v) is 3.54. The highest BCUT2D eigenvalue weighted by molar-refractivity contribution is 5.36. The van der Waals surface area contributed by atoms with Crippen molar-refractivity contribution in [1.82, 2.24) is 20.1 Å². The lowest BCUT2D eigenvalue weighted by Gasteiger charge is -2.13. The van der Waals surface area contributed by atoms with Gasteiger partial charge in [0.15, 0.2) is 5.75 Å². The van der Waals surface area contributed by atoms with Gasteiger partial charge < -0.3 is 10.1 Å². The molecule has 0 aromatic carbocycles. The van der Waals surface area contributed by atoms with Gasteiger partial charge in [-0.15, -0.1) is 0 Å². The first-order valence-corrected chi connectivity index (χ1v) is 6.88. The van der Waals surface area contributed by atoms with Crippen molar-refractivity contribution < 1.29 is 4.74 Å². The number of aromatic nitrogens is 3. The fraction of sp³-hybridized carbons (Fsp3) is 0.467. The van der Waals surface area contributed by atoms with Crippen LogP contribution >= 0.6 is 0 Å². The Hall–Kier alpha value is -1.88. The van der Waals surface area contributed by atoms with Crippen LogP contribution in [0, 0.1) is 13.8 Å². The first-order valence-electron chi connectivity index (χ1n) is 6.88. The van der Waals surface area contributed by atoms with Gasteiger partial charge in [-0.2, -0.15) is 5.10 Å². The molecule has 0 saturated carbocycles. The molecule has 0 bridgehead atoms. The molecule has 2 rings (SSSR count). The molecule has 0 aliphatic heterocycles. The second-order valence-corrected chi connectivity index (χ2v) is 4.89. The first kappa shape index (κ1) is 14.5. The molecule has 0 fully saturated rings. The van der Waals surface area contributed by atoms with E-state index in [2.05, 4.69) is 22.3 Å². The molecule has 0 aliphatic rings. The molecule has 20 heavy (non-hydrogen) atoms. The predicted molar refractivity (Wildman–Crippen MR) is 79.1 cm³/mol. The summed E-state index contributed by atoms with van der Waals surface area (Å²) in [6, 6.07) is 4.24. The number of rotatable bonds is 5. The molecule has 5 heteroatoms. The zero-order valence-electron chi connectivity index (χ0n) is 12.8. The quantitative estimate of drug-likeness (QED) is 0.911. The van der Waals surface area contributed by atoms with Crippen LogP contribution in [0.4, 0.5) is 0 Å². The molecule has 0 saturated heterocycles. The molecule has 5 nitrogen and oxygen atoms in total. The van der Waals surface area contributed by atoms with Crippen LogP contribution in [0.1, 0.15) is 36.5 Å². The summed E-state index contributed by atoms with van der Waals surface area (Å²) >= 11 is 0. The Balaban J connectivity index is 2.19. The van der Waals surface area contributed by atoms with Gasteiger partial charge in [-0.25, -0.2) is 0 Å². The Morgan fingerprint density at radius 2 is 2.10 bits per heavy atom. The fourth-order valence-electron chi connectivity index (χ4n) is 2.24. The van der Waals surface area contributed by atoms with E-state index in [1.165, 1.54) is 0 Å². The summed E-state index contributed by atoms with van der Waals surface area (Å²) in [6.45, 7) is 6.07. The molecule has 2 aromatic rings. The number of ether oxygens (including phenoxy) is 1. The van der Waals surface area contributed by atoms with E-state index in [4.69, 9.17) is 4.74 Å². The van der Waals surface area contributed by atoms with Crippen molar-refractivity contribution in [3.05, 3.63) is 35.4 Å². The molecular formula is C15H22N4O. The van der Waals surface area contributed by atoms with Crippen LogP contribution < -0.4 is 10.1 Å². The second-order valence-electron chi connectivity index (χ2n) is 4.89. The van der Waals surface area contributed by atoms with Gasteiger partial charge in [0.1, 0.15) is 11.4 Å². The number of aryl methyl sites for hydroxylation is 2. The second kappa shape index (κ2) is 6.05. The molecule has 108 valence electrons. The van der Waals surface area contributed by atoms with Gasteiger partial charge >= 0.3 is 0 Å². The van der Waals surface area contributed by atoms with Crippen LogP contribution in [-0.2, 0) is 7.05 Å². The van der Waals surface area contributed by atoms with Crippen molar-refractivity contribution in [2.45, 2.75) is 33.2 Å². The highest BCUT2D eigenvalue weighted by Gasteiger charge is 2.13. The maximum Gasteiger partial charge on any atom is 0.171 e. The summed E-state index contributed by atoms with van der Waals surface area (Å²) in [5.41, 5.74) is 2.92. The maximum atomic E-state index is 5.90. The minimum Gasteiger partial charge on any atom is -0.452 e. The monoisotopic (exact) mass is 274 g/mol. The van der Waals surface area contributed by atoms with Gasteiger partial charge in [-0.05, 0) is 39.4 Å². The van der Waals surface area contributed by atoms with E-state index in [1.807, 2.05) is 44.8 Å².